The number of nitrogens with one attached hydrogen (secondary N) is 1. The Morgan fingerprint density at radius 3 is 2.62 bits per heavy atom. The van der Waals surface area contributed by atoms with Crippen LogP contribution in [0.4, 0.5) is 0 Å². The van der Waals surface area contributed by atoms with Crippen molar-refractivity contribution in [2.45, 2.75) is 46.1 Å². The molecule has 1 fully saturated rings. The second-order valence-electron chi connectivity index (χ2n) is 5.70. The molecule has 16 heavy (non-hydrogen) atoms. The Hall–Kier alpha value is -0.760. The first-order valence-corrected chi connectivity index (χ1v) is 6.28. The predicted octanol–water partition coefficient (Wildman–Crippen LogP) is 3.67. The van der Waals surface area contributed by atoms with Crippen molar-refractivity contribution >= 4 is 0 Å². The molecule has 0 radical (unpaired) electrons. The van der Waals surface area contributed by atoms with Crippen molar-refractivity contribution in [2.75, 3.05) is 7.05 Å². The van der Waals surface area contributed by atoms with Gasteiger partial charge in [-0.05, 0) is 50.3 Å². The minimum atomic E-state index is 0.367. The van der Waals surface area contributed by atoms with Gasteiger partial charge in [-0.3, -0.25) is 0 Å². The number of aryl methyl sites for hydroxylation is 1. The molecule has 0 aromatic carbocycles. The Morgan fingerprint density at radius 2 is 2.19 bits per heavy atom. The second-order valence-corrected chi connectivity index (χ2v) is 5.70. The highest BCUT2D eigenvalue weighted by Gasteiger charge is 2.40. The molecule has 1 aromatic rings. The fourth-order valence-electron chi connectivity index (χ4n) is 3.13. The van der Waals surface area contributed by atoms with Gasteiger partial charge >= 0.3 is 0 Å². The van der Waals surface area contributed by atoms with E-state index in [2.05, 4.69) is 31.3 Å². The summed E-state index contributed by atoms with van der Waals surface area (Å²) in [7, 11) is 2.04. The van der Waals surface area contributed by atoms with Gasteiger partial charge in [-0.15, -0.1) is 0 Å². The molecule has 0 aliphatic heterocycles. The van der Waals surface area contributed by atoms with E-state index < -0.39 is 0 Å². The van der Waals surface area contributed by atoms with E-state index in [0.717, 1.165) is 11.5 Å². The van der Waals surface area contributed by atoms with Crippen LogP contribution in [0.2, 0.25) is 0 Å². The first-order chi connectivity index (χ1) is 7.54. The van der Waals surface area contributed by atoms with Gasteiger partial charge in [-0.2, -0.15) is 0 Å². The Kier molecular flexibility index (Phi) is 3.11. The first-order valence-electron chi connectivity index (χ1n) is 6.28. The lowest BCUT2D eigenvalue weighted by Gasteiger charge is -2.32. The lowest BCUT2D eigenvalue weighted by molar-refractivity contribution is 0.185. The van der Waals surface area contributed by atoms with Crippen molar-refractivity contribution in [3.8, 4) is 0 Å². The van der Waals surface area contributed by atoms with Crippen LogP contribution in [-0.2, 0) is 0 Å². The highest BCUT2D eigenvalue weighted by molar-refractivity contribution is 5.12. The van der Waals surface area contributed by atoms with Crippen LogP contribution < -0.4 is 5.32 Å². The highest BCUT2D eigenvalue weighted by atomic mass is 16.3. The number of hydrogen-bond acceptors (Lipinski definition) is 2. The largest absolute Gasteiger partial charge is 0.465 e. The monoisotopic (exact) mass is 221 g/mol. The van der Waals surface area contributed by atoms with Gasteiger partial charge in [-0.1, -0.05) is 20.3 Å². The molecule has 0 saturated heterocycles. The number of furan rings is 1. The first kappa shape index (κ1) is 11.7. The van der Waals surface area contributed by atoms with Crippen molar-refractivity contribution in [2.24, 2.45) is 11.3 Å². The zero-order valence-corrected chi connectivity index (χ0v) is 10.8. The lowest BCUT2D eigenvalue weighted by atomic mass is 9.77. The normalized spacial score (nSPS) is 25.9. The summed E-state index contributed by atoms with van der Waals surface area (Å²) in [6.07, 6.45) is 3.98. The summed E-state index contributed by atoms with van der Waals surface area (Å²) < 4.78 is 5.78. The summed E-state index contributed by atoms with van der Waals surface area (Å²) in [5.74, 6) is 2.79. The molecule has 1 heterocycles. The fraction of sp³-hybridized carbons (Fsp3) is 0.714. The Labute approximate surface area is 98.4 Å². The summed E-state index contributed by atoms with van der Waals surface area (Å²) in [5, 5.41) is 3.44. The fourth-order valence-corrected chi connectivity index (χ4v) is 3.13. The van der Waals surface area contributed by atoms with Crippen molar-refractivity contribution in [1.29, 1.82) is 0 Å². The molecular formula is C14H23NO. The third-order valence-electron chi connectivity index (χ3n) is 4.12. The molecule has 1 saturated carbocycles. The predicted molar refractivity (Wildman–Crippen MR) is 66.4 cm³/mol. The summed E-state index contributed by atoms with van der Waals surface area (Å²) >= 11 is 0. The van der Waals surface area contributed by atoms with Gasteiger partial charge in [0.1, 0.15) is 11.5 Å². The van der Waals surface area contributed by atoms with E-state index in [-0.39, 0.29) is 0 Å². The van der Waals surface area contributed by atoms with Gasteiger partial charge in [-0.25, -0.2) is 0 Å². The molecule has 1 N–H and O–H groups in total. The van der Waals surface area contributed by atoms with Crippen LogP contribution in [-0.4, -0.2) is 7.05 Å². The maximum Gasteiger partial charge on any atom is 0.121 e. The summed E-state index contributed by atoms with van der Waals surface area (Å²) in [6, 6.07) is 4.54. The standard InChI is InChI=1S/C14H23NO/c1-10-7-8-12(16-10)13(15-4)11-6-5-9-14(11,2)3/h7-8,11,13,15H,5-6,9H2,1-4H3. The van der Waals surface area contributed by atoms with Gasteiger partial charge < -0.3 is 9.73 Å². The van der Waals surface area contributed by atoms with E-state index in [0.29, 0.717) is 17.4 Å². The average molecular weight is 221 g/mol. The van der Waals surface area contributed by atoms with Crippen LogP contribution in [0.25, 0.3) is 0 Å². The quantitative estimate of drug-likeness (QED) is 0.842. The maximum absolute atomic E-state index is 5.78. The molecule has 2 rings (SSSR count). The van der Waals surface area contributed by atoms with E-state index in [1.165, 1.54) is 19.3 Å². The SMILES string of the molecule is CNC(c1ccc(C)o1)C1CCCC1(C)C. The zero-order chi connectivity index (χ0) is 11.8. The van der Waals surface area contributed by atoms with E-state index in [1.807, 2.05) is 14.0 Å². The van der Waals surface area contributed by atoms with Gasteiger partial charge in [0.2, 0.25) is 0 Å². The van der Waals surface area contributed by atoms with Crippen LogP contribution in [0.1, 0.15) is 50.7 Å². The smallest absolute Gasteiger partial charge is 0.121 e. The molecule has 1 aliphatic rings. The molecule has 0 amide bonds. The van der Waals surface area contributed by atoms with Crippen LogP contribution in [0.3, 0.4) is 0 Å². The minimum Gasteiger partial charge on any atom is -0.465 e. The Balaban J connectivity index is 2.23. The molecule has 2 heteroatoms. The van der Waals surface area contributed by atoms with Gasteiger partial charge in [0, 0.05) is 0 Å². The summed E-state index contributed by atoms with van der Waals surface area (Å²) in [4.78, 5) is 0. The number of hydrogen-bond donors (Lipinski definition) is 1. The molecule has 2 unspecified atom stereocenters. The van der Waals surface area contributed by atoms with Crippen LogP contribution in [0, 0.1) is 18.3 Å². The molecule has 2 atom stereocenters. The third-order valence-corrected chi connectivity index (χ3v) is 4.12. The molecule has 90 valence electrons. The molecule has 0 spiro atoms. The Bertz CT molecular complexity index is 353. The Morgan fingerprint density at radius 1 is 1.44 bits per heavy atom. The molecule has 1 aromatic heterocycles. The van der Waals surface area contributed by atoms with E-state index >= 15 is 0 Å². The van der Waals surface area contributed by atoms with Gasteiger partial charge in [0.25, 0.3) is 0 Å². The molecule has 1 aliphatic carbocycles. The number of rotatable bonds is 3. The van der Waals surface area contributed by atoms with Crippen LogP contribution >= 0.6 is 0 Å². The van der Waals surface area contributed by atoms with E-state index in [9.17, 15) is 0 Å². The lowest BCUT2D eigenvalue weighted by Crippen LogP contribution is -2.31. The highest BCUT2D eigenvalue weighted by Crippen LogP contribution is 2.48. The van der Waals surface area contributed by atoms with E-state index in [4.69, 9.17) is 4.42 Å². The summed E-state index contributed by atoms with van der Waals surface area (Å²) in [6.45, 7) is 6.77. The maximum atomic E-state index is 5.78. The second kappa shape index (κ2) is 4.25. The van der Waals surface area contributed by atoms with Crippen molar-refractivity contribution < 1.29 is 4.42 Å². The van der Waals surface area contributed by atoms with Gasteiger partial charge in [0.15, 0.2) is 0 Å². The third kappa shape index (κ3) is 2.03. The van der Waals surface area contributed by atoms with Crippen LogP contribution in [0.15, 0.2) is 16.5 Å². The van der Waals surface area contributed by atoms with Crippen molar-refractivity contribution in [3.63, 3.8) is 0 Å². The molecule has 0 bridgehead atoms. The van der Waals surface area contributed by atoms with Crippen molar-refractivity contribution in [3.05, 3.63) is 23.7 Å². The van der Waals surface area contributed by atoms with E-state index in [1.54, 1.807) is 0 Å². The average Bonchev–Trinajstić information content (AvgIpc) is 2.76. The van der Waals surface area contributed by atoms with Crippen LogP contribution in [0.5, 0.6) is 0 Å². The van der Waals surface area contributed by atoms with Crippen molar-refractivity contribution in [1.82, 2.24) is 5.32 Å². The molecule has 2 nitrogen and oxygen atoms in total. The summed E-state index contributed by atoms with van der Waals surface area (Å²) in [5.41, 5.74) is 0.425. The molecular weight excluding hydrogens is 198 g/mol. The van der Waals surface area contributed by atoms with Gasteiger partial charge in [0.05, 0.1) is 6.04 Å². The topological polar surface area (TPSA) is 25.2 Å². The zero-order valence-electron chi connectivity index (χ0n) is 10.8. The minimum absolute atomic E-state index is 0.367.